The molecule has 0 aromatic carbocycles. The molecule has 1 atom stereocenters. The molecule has 0 aliphatic carbocycles. The summed E-state index contributed by atoms with van der Waals surface area (Å²) in [4.78, 5) is 20.4. The minimum absolute atomic E-state index is 0. The summed E-state index contributed by atoms with van der Waals surface area (Å²) in [7, 11) is 0. The van der Waals surface area contributed by atoms with Crippen LogP contribution in [0.3, 0.4) is 0 Å². The fraction of sp³-hybridized carbons (Fsp3) is 0.667. The van der Waals surface area contributed by atoms with Crippen LogP contribution in [0.15, 0.2) is 16.4 Å². The quantitative estimate of drug-likeness (QED) is 0.375. The smallest absolute Gasteiger partial charge is 0.224 e. The average molecular weight is 478 g/mol. The molecule has 142 valence electrons. The first kappa shape index (κ1) is 22.2. The number of aliphatic imine (C=N–C) groups is 1. The molecule has 0 saturated carbocycles. The first-order valence-electron chi connectivity index (χ1n) is 8.89. The third kappa shape index (κ3) is 6.77. The van der Waals surface area contributed by atoms with Gasteiger partial charge in [0.05, 0.1) is 6.54 Å². The Kier molecular flexibility index (Phi) is 9.78. The Morgan fingerprint density at radius 3 is 2.84 bits per heavy atom. The molecule has 1 aliphatic rings. The van der Waals surface area contributed by atoms with Crippen LogP contribution in [-0.4, -0.2) is 42.4 Å². The van der Waals surface area contributed by atoms with Gasteiger partial charge in [-0.3, -0.25) is 9.79 Å². The van der Waals surface area contributed by atoms with E-state index in [1.54, 1.807) is 11.3 Å². The molecule has 0 saturated heterocycles. The number of fused-ring (bicyclic) bond motifs is 1. The first-order chi connectivity index (χ1) is 11.5. The van der Waals surface area contributed by atoms with E-state index in [4.69, 9.17) is 0 Å². The van der Waals surface area contributed by atoms with E-state index in [-0.39, 0.29) is 29.9 Å². The molecule has 1 amide bonds. The summed E-state index contributed by atoms with van der Waals surface area (Å²) in [6, 6.07) is 2.48. The van der Waals surface area contributed by atoms with Crippen molar-refractivity contribution in [3.63, 3.8) is 0 Å². The molecule has 5 nitrogen and oxygen atoms in total. The Morgan fingerprint density at radius 1 is 1.40 bits per heavy atom. The van der Waals surface area contributed by atoms with Gasteiger partial charge in [0.15, 0.2) is 5.96 Å². The number of guanidine groups is 1. The van der Waals surface area contributed by atoms with Gasteiger partial charge < -0.3 is 15.5 Å². The van der Waals surface area contributed by atoms with Gasteiger partial charge in [-0.1, -0.05) is 13.8 Å². The Hall–Kier alpha value is -0.830. The standard InChI is InChI=1S/C18H30N4OS.HI/c1-5-19-18(21-14(4)13(2)3)20-9-6-17(23)22-10-7-16-15(12-22)8-11-24-16;/h8,11,13-14H,5-7,9-10,12H2,1-4H3,(H2,19,20,21);1H. The van der Waals surface area contributed by atoms with E-state index in [1.807, 2.05) is 4.90 Å². The number of carbonyl (C=O) groups excluding carboxylic acids is 1. The van der Waals surface area contributed by atoms with Crippen molar-refractivity contribution in [1.29, 1.82) is 0 Å². The zero-order valence-electron chi connectivity index (χ0n) is 15.7. The Labute approximate surface area is 172 Å². The van der Waals surface area contributed by atoms with Crippen LogP contribution in [0.1, 0.15) is 44.6 Å². The van der Waals surface area contributed by atoms with Gasteiger partial charge in [-0.2, -0.15) is 0 Å². The Bertz CT molecular complexity index is 573. The number of nitrogens with one attached hydrogen (secondary N) is 2. The van der Waals surface area contributed by atoms with Gasteiger partial charge in [-0.05, 0) is 43.2 Å². The predicted octanol–water partition coefficient (Wildman–Crippen LogP) is 3.24. The number of rotatable bonds is 6. The maximum absolute atomic E-state index is 12.4. The molecule has 1 aromatic rings. The average Bonchev–Trinajstić information content (AvgIpc) is 3.02. The summed E-state index contributed by atoms with van der Waals surface area (Å²) in [5, 5.41) is 8.76. The van der Waals surface area contributed by atoms with Gasteiger partial charge >= 0.3 is 0 Å². The van der Waals surface area contributed by atoms with E-state index in [2.05, 4.69) is 54.8 Å². The summed E-state index contributed by atoms with van der Waals surface area (Å²) >= 11 is 1.80. The lowest BCUT2D eigenvalue weighted by atomic mass is 10.1. The second-order valence-corrected chi connectivity index (χ2v) is 7.62. The highest BCUT2D eigenvalue weighted by molar-refractivity contribution is 14.0. The van der Waals surface area contributed by atoms with E-state index in [1.165, 1.54) is 10.4 Å². The van der Waals surface area contributed by atoms with Crippen molar-refractivity contribution >= 4 is 47.2 Å². The fourth-order valence-corrected chi connectivity index (χ4v) is 3.47. The summed E-state index contributed by atoms with van der Waals surface area (Å²) in [5.74, 6) is 1.53. The van der Waals surface area contributed by atoms with Crippen molar-refractivity contribution in [3.05, 3.63) is 21.9 Å². The molecule has 1 unspecified atom stereocenters. The second kappa shape index (κ2) is 11.0. The molecule has 0 bridgehead atoms. The van der Waals surface area contributed by atoms with Crippen molar-refractivity contribution in [3.8, 4) is 0 Å². The maximum atomic E-state index is 12.4. The maximum Gasteiger partial charge on any atom is 0.224 e. The number of hydrogen-bond acceptors (Lipinski definition) is 3. The van der Waals surface area contributed by atoms with Crippen LogP contribution in [0, 0.1) is 5.92 Å². The highest BCUT2D eigenvalue weighted by Crippen LogP contribution is 2.24. The third-order valence-corrected chi connectivity index (χ3v) is 5.49. The minimum atomic E-state index is 0. The molecule has 0 fully saturated rings. The van der Waals surface area contributed by atoms with Gasteiger partial charge in [0.25, 0.3) is 0 Å². The lowest BCUT2D eigenvalue weighted by Crippen LogP contribution is -2.44. The van der Waals surface area contributed by atoms with Gasteiger partial charge in [0, 0.05) is 37.0 Å². The van der Waals surface area contributed by atoms with Gasteiger partial charge in [0.1, 0.15) is 0 Å². The molecular formula is C18H31IN4OS. The fourth-order valence-electron chi connectivity index (χ4n) is 2.59. The predicted molar refractivity (Wildman–Crippen MR) is 117 cm³/mol. The lowest BCUT2D eigenvalue weighted by Gasteiger charge is -2.27. The molecule has 2 N–H and O–H groups in total. The number of hydrogen-bond donors (Lipinski definition) is 2. The molecule has 7 heteroatoms. The summed E-state index contributed by atoms with van der Waals surface area (Å²) in [5.41, 5.74) is 1.31. The van der Waals surface area contributed by atoms with Crippen LogP contribution < -0.4 is 10.6 Å². The lowest BCUT2D eigenvalue weighted by molar-refractivity contribution is -0.131. The number of amides is 1. The van der Waals surface area contributed by atoms with E-state index < -0.39 is 0 Å². The van der Waals surface area contributed by atoms with E-state index in [0.717, 1.165) is 32.0 Å². The second-order valence-electron chi connectivity index (χ2n) is 6.62. The highest BCUT2D eigenvalue weighted by Gasteiger charge is 2.21. The highest BCUT2D eigenvalue weighted by atomic mass is 127. The third-order valence-electron chi connectivity index (χ3n) is 4.46. The molecule has 1 aliphatic heterocycles. The van der Waals surface area contributed by atoms with Gasteiger partial charge in [0.2, 0.25) is 5.91 Å². The van der Waals surface area contributed by atoms with Gasteiger partial charge in [-0.15, -0.1) is 35.3 Å². The normalized spacial score (nSPS) is 15.4. The summed E-state index contributed by atoms with van der Waals surface area (Å²) in [6.45, 7) is 11.5. The molecular weight excluding hydrogens is 447 g/mol. The van der Waals surface area contributed by atoms with Crippen molar-refractivity contribution < 1.29 is 4.79 Å². The van der Waals surface area contributed by atoms with Crippen LogP contribution in [0.5, 0.6) is 0 Å². The molecule has 0 spiro atoms. The van der Waals surface area contributed by atoms with Crippen molar-refractivity contribution in [2.75, 3.05) is 19.6 Å². The van der Waals surface area contributed by atoms with Crippen LogP contribution in [0.4, 0.5) is 0 Å². The van der Waals surface area contributed by atoms with E-state index in [0.29, 0.717) is 24.9 Å². The van der Waals surface area contributed by atoms with E-state index in [9.17, 15) is 4.79 Å². The van der Waals surface area contributed by atoms with Crippen LogP contribution in [-0.2, 0) is 17.8 Å². The summed E-state index contributed by atoms with van der Waals surface area (Å²) in [6.07, 6.45) is 1.45. The molecule has 0 radical (unpaired) electrons. The van der Waals surface area contributed by atoms with Crippen molar-refractivity contribution in [1.82, 2.24) is 15.5 Å². The molecule has 2 heterocycles. The van der Waals surface area contributed by atoms with Gasteiger partial charge in [-0.25, -0.2) is 0 Å². The monoisotopic (exact) mass is 478 g/mol. The number of halogens is 1. The van der Waals surface area contributed by atoms with Crippen molar-refractivity contribution in [2.24, 2.45) is 10.9 Å². The molecule has 2 rings (SSSR count). The molecule has 1 aromatic heterocycles. The van der Waals surface area contributed by atoms with Crippen molar-refractivity contribution in [2.45, 2.75) is 53.1 Å². The van der Waals surface area contributed by atoms with Crippen LogP contribution >= 0.6 is 35.3 Å². The van der Waals surface area contributed by atoms with Crippen LogP contribution in [0.25, 0.3) is 0 Å². The molecule has 25 heavy (non-hydrogen) atoms. The topological polar surface area (TPSA) is 56.7 Å². The largest absolute Gasteiger partial charge is 0.357 e. The summed E-state index contributed by atoms with van der Waals surface area (Å²) < 4.78 is 0. The Morgan fingerprint density at radius 2 is 2.16 bits per heavy atom. The minimum Gasteiger partial charge on any atom is -0.357 e. The van der Waals surface area contributed by atoms with Crippen LogP contribution in [0.2, 0.25) is 0 Å². The zero-order valence-corrected chi connectivity index (χ0v) is 18.8. The zero-order chi connectivity index (χ0) is 17.5. The number of thiophene rings is 1. The SMILES string of the molecule is CCNC(=NCCC(=O)N1CCc2sccc2C1)NC(C)C(C)C.I. The Balaban J connectivity index is 0.00000312. The number of carbonyl (C=O) groups is 1. The first-order valence-corrected chi connectivity index (χ1v) is 9.77. The van der Waals surface area contributed by atoms with E-state index >= 15 is 0 Å². The number of nitrogens with zero attached hydrogens (tertiary/aromatic N) is 2.